The Morgan fingerprint density at radius 3 is 2.35 bits per heavy atom. The van der Waals surface area contributed by atoms with E-state index in [1.807, 2.05) is 17.0 Å². The van der Waals surface area contributed by atoms with Crippen LogP contribution in [0.3, 0.4) is 0 Å². The van der Waals surface area contributed by atoms with Crippen molar-refractivity contribution in [3.05, 3.63) is 47.0 Å². The normalized spacial score (nSPS) is 13.9. The molecule has 0 unspecified atom stereocenters. The van der Waals surface area contributed by atoms with E-state index in [4.69, 9.17) is 11.6 Å². The maximum absolute atomic E-state index is 11.8. The van der Waals surface area contributed by atoms with Gasteiger partial charge in [0, 0.05) is 24.5 Å². The summed E-state index contributed by atoms with van der Waals surface area (Å²) in [5, 5.41) is 0.795. The predicted molar refractivity (Wildman–Crippen MR) is 84.0 cm³/mol. The Balaban J connectivity index is 1.51. The molecule has 2 rings (SSSR count). The lowest BCUT2D eigenvalue weighted by molar-refractivity contribution is -0.129. The molecule has 0 bridgehead atoms. The van der Waals surface area contributed by atoms with Gasteiger partial charge in [-0.3, -0.25) is 4.79 Å². The Morgan fingerprint density at radius 1 is 1.00 bits per heavy atom. The van der Waals surface area contributed by atoms with Gasteiger partial charge in [-0.05, 0) is 37.0 Å². The van der Waals surface area contributed by atoms with Crippen LogP contribution in [-0.2, 0) is 11.2 Å². The average molecular weight is 292 g/mol. The van der Waals surface area contributed by atoms with Gasteiger partial charge in [0.15, 0.2) is 0 Å². The molecule has 0 radical (unpaired) electrons. The van der Waals surface area contributed by atoms with Gasteiger partial charge in [0.25, 0.3) is 0 Å². The number of amides is 1. The second-order valence-electron chi connectivity index (χ2n) is 5.31. The molecule has 0 aliphatic carbocycles. The smallest absolute Gasteiger partial charge is 0.223 e. The largest absolute Gasteiger partial charge is 0.335 e. The Bertz CT molecular complexity index is 445. The molecule has 2 nitrogen and oxygen atoms in total. The fraction of sp³-hybridized carbons (Fsp3) is 0.471. The molecule has 1 aromatic carbocycles. The molecule has 1 amide bonds. The summed E-state index contributed by atoms with van der Waals surface area (Å²) in [7, 11) is 0. The monoisotopic (exact) mass is 291 g/mol. The van der Waals surface area contributed by atoms with Crippen LogP contribution in [0.1, 0.15) is 37.7 Å². The van der Waals surface area contributed by atoms with Crippen molar-refractivity contribution in [1.29, 1.82) is 0 Å². The molecule has 1 aliphatic heterocycles. The highest BCUT2D eigenvalue weighted by atomic mass is 35.5. The van der Waals surface area contributed by atoms with E-state index in [1.54, 1.807) is 0 Å². The number of unbranched alkanes of at least 4 members (excludes halogenated alkanes) is 3. The lowest BCUT2D eigenvalue weighted by Gasteiger charge is -2.14. The molecule has 0 atom stereocenters. The van der Waals surface area contributed by atoms with Crippen LogP contribution in [0.5, 0.6) is 0 Å². The first-order chi connectivity index (χ1) is 9.75. The molecule has 0 N–H and O–H groups in total. The van der Waals surface area contributed by atoms with Crippen LogP contribution in [0, 0.1) is 0 Å². The van der Waals surface area contributed by atoms with Crippen molar-refractivity contribution < 1.29 is 4.79 Å². The summed E-state index contributed by atoms with van der Waals surface area (Å²) in [6.45, 7) is 1.60. The zero-order valence-electron chi connectivity index (χ0n) is 11.9. The van der Waals surface area contributed by atoms with Gasteiger partial charge < -0.3 is 4.90 Å². The standard InChI is InChI=1S/C17H22ClNO/c18-16-11-9-15(10-12-16)7-3-1-2-4-8-17(20)19-13-5-6-14-19/h5-6,9-12H,1-4,7-8,13-14H2. The highest BCUT2D eigenvalue weighted by Gasteiger charge is 2.12. The number of hydrogen-bond acceptors (Lipinski definition) is 1. The second-order valence-corrected chi connectivity index (χ2v) is 5.75. The van der Waals surface area contributed by atoms with Gasteiger partial charge in [0.2, 0.25) is 5.91 Å². The third kappa shape index (κ3) is 5.01. The number of rotatable bonds is 7. The molecule has 1 aliphatic rings. The average Bonchev–Trinajstić information content (AvgIpc) is 2.98. The first-order valence-corrected chi connectivity index (χ1v) is 7.81. The van der Waals surface area contributed by atoms with Crippen LogP contribution in [0.4, 0.5) is 0 Å². The van der Waals surface area contributed by atoms with Gasteiger partial charge >= 0.3 is 0 Å². The zero-order chi connectivity index (χ0) is 14.2. The van der Waals surface area contributed by atoms with Gasteiger partial charge in [-0.1, -0.05) is 48.7 Å². The number of halogens is 1. The minimum absolute atomic E-state index is 0.299. The fourth-order valence-electron chi connectivity index (χ4n) is 2.45. The van der Waals surface area contributed by atoms with E-state index in [9.17, 15) is 4.79 Å². The van der Waals surface area contributed by atoms with Crippen molar-refractivity contribution in [2.24, 2.45) is 0 Å². The molecule has 0 saturated heterocycles. The van der Waals surface area contributed by atoms with Crippen molar-refractivity contribution in [1.82, 2.24) is 4.90 Å². The highest BCUT2D eigenvalue weighted by Crippen LogP contribution is 2.13. The van der Waals surface area contributed by atoms with Crippen LogP contribution in [0.25, 0.3) is 0 Å². The fourth-order valence-corrected chi connectivity index (χ4v) is 2.58. The van der Waals surface area contributed by atoms with Crippen LogP contribution in [0.2, 0.25) is 5.02 Å². The Labute approximate surface area is 126 Å². The molecule has 108 valence electrons. The second kappa shape index (κ2) is 8.11. The Kier molecular flexibility index (Phi) is 6.13. The molecule has 0 fully saturated rings. The number of carbonyl (C=O) groups is 1. The van der Waals surface area contributed by atoms with E-state index in [1.165, 1.54) is 18.4 Å². The summed E-state index contributed by atoms with van der Waals surface area (Å²) in [5.74, 6) is 0.299. The molecule has 0 spiro atoms. The minimum Gasteiger partial charge on any atom is -0.335 e. The van der Waals surface area contributed by atoms with Gasteiger partial charge in [0.05, 0.1) is 0 Å². The lowest BCUT2D eigenvalue weighted by Crippen LogP contribution is -2.27. The highest BCUT2D eigenvalue weighted by molar-refractivity contribution is 6.30. The number of nitrogens with zero attached hydrogens (tertiary/aromatic N) is 1. The van der Waals surface area contributed by atoms with Gasteiger partial charge in [-0.2, -0.15) is 0 Å². The van der Waals surface area contributed by atoms with Crippen LogP contribution in [-0.4, -0.2) is 23.9 Å². The molecule has 1 aromatic rings. The zero-order valence-corrected chi connectivity index (χ0v) is 12.6. The van der Waals surface area contributed by atoms with E-state index >= 15 is 0 Å². The van der Waals surface area contributed by atoms with Gasteiger partial charge in [-0.25, -0.2) is 0 Å². The first-order valence-electron chi connectivity index (χ1n) is 7.43. The molecule has 1 heterocycles. The molecular formula is C17H22ClNO. The van der Waals surface area contributed by atoms with Crippen molar-refractivity contribution >= 4 is 17.5 Å². The third-order valence-corrected chi connectivity index (χ3v) is 3.94. The summed E-state index contributed by atoms with van der Waals surface area (Å²) < 4.78 is 0. The summed E-state index contributed by atoms with van der Waals surface area (Å²) in [6.07, 6.45) is 10.4. The lowest BCUT2D eigenvalue weighted by atomic mass is 10.1. The number of carbonyl (C=O) groups excluding carboxylic acids is 1. The van der Waals surface area contributed by atoms with Crippen molar-refractivity contribution in [2.75, 3.05) is 13.1 Å². The van der Waals surface area contributed by atoms with Crippen LogP contribution < -0.4 is 0 Å². The van der Waals surface area contributed by atoms with Gasteiger partial charge in [0.1, 0.15) is 0 Å². The Hall–Kier alpha value is -1.28. The first kappa shape index (κ1) is 15.1. The summed E-state index contributed by atoms with van der Waals surface area (Å²) in [6, 6.07) is 8.07. The maximum Gasteiger partial charge on any atom is 0.223 e. The Morgan fingerprint density at radius 2 is 1.65 bits per heavy atom. The van der Waals surface area contributed by atoms with Crippen LogP contribution in [0.15, 0.2) is 36.4 Å². The van der Waals surface area contributed by atoms with Gasteiger partial charge in [-0.15, -0.1) is 0 Å². The summed E-state index contributed by atoms with van der Waals surface area (Å²) >= 11 is 5.86. The summed E-state index contributed by atoms with van der Waals surface area (Å²) in [5.41, 5.74) is 1.34. The molecule has 3 heteroatoms. The van der Waals surface area contributed by atoms with Crippen molar-refractivity contribution in [2.45, 2.75) is 38.5 Å². The molecular weight excluding hydrogens is 270 g/mol. The SMILES string of the molecule is O=C(CCCCCCc1ccc(Cl)cc1)N1CC=CC1. The minimum atomic E-state index is 0.299. The summed E-state index contributed by atoms with van der Waals surface area (Å²) in [4.78, 5) is 13.7. The molecule has 0 saturated carbocycles. The number of hydrogen-bond donors (Lipinski definition) is 0. The number of benzene rings is 1. The van der Waals surface area contributed by atoms with Crippen molar-refractivity contribution in [3.8, 4) is 0 Å². The molecule has 20 heavy (non-hydrogen) atoms. The quantitative estimate of drug-likeness (QED) is 0.544. The van der Waals surface area contributed by atoms with Crippen molar-refractivity contribution in [3.63, 3.8) is 0 Å². The van der Waals surface area contributed by atoms with E-state index in [2.05, 4.69) is 24.3 Å². The van der Waals surface area contributed by atoms with E-state index in [0.717, 1.165) is 37.4 Å². The molecule has 0 aromatic heterocycles. The predicted octanol–water partition coefficient (Wildman–Crippen LogP) is 4.23. The number of aryl methyl sites for hydroxylation is 1. The van der Waals surface area contributed by atoms with Crippen LogP contribution >= 0.6 is 11.6 Å². The third-order valence-electron chi connectivity index (χ3n) is 3.69. The van der Waals surface area contributed by atoms with E-state index in [0.29, 0.717) is 12.3 Å². The topological polar surface area (TPSA) is 20.3 Å². The van der Waals surface area contributed by atoms with E-state index < -0.39 is 0 Å². The maximum atomic E-state index is 11.8. The van der Waals surface area contributed by atoms with E-state index in [-0.39, 0.29) is 0 Å².